The molecule has 0 bridgehead atoms. The molecule has 148 valence electrons. The van der Waals surface area contributed by atoms with Crippen LogP contribution in [0, 0.1) is 10.1 Å². The van der Waals surface area contributed by atoms with Gasteiger partial charge in [0.15, 0.2) is 0 Å². The van der Waals surface area contributed by atoms with E-state index in [-0.39, 0.29) is 10.6 Å². The van der Waals surface area contributed by atoms with Gasteiger partial charge in [-0.05, 0) is 48.0 Å². The summed E-state index contributed by atoms with van der Waals surface area (Å²) >= 11 is 1.75. The number of aromatic nitrogens is 1. The number of benzene rings is 3. The molecule has 30 heavy (non-hydrogen) atoms. The molecule has 0 saturated carbocycles. The van der Waals surface area contributed by atoms with E-state index >= 15 is 0 Å². The van der Waals surface area contributed by atoms with Gasteiger partial charge in [0.1, 0.15) is 5.75 Å². The molecule has 0 fully saturated rings. The Kier molecular flexibility index (Phi) is 4.29. The number of thiophene rings is 1. The maximum absolute atomic E-state index is 11.1. The van der Waals surface area contributed by atoms with Crippen LogP contribution >= 0.6 is 11.3 Å². The molecule has 2 aromatic heterocycles. The van der Waals surface area contributed by atoms with Gasteiger partial charge >= 0.3 is 0 Å². The number of nitrogens with zero attached hydrogens (tertiary/aromatic N) is 2. The Balaban J connectivity index is 1.83. The summed E-state index contributed by atoms with van der Waals surface area (Å²) in [5.74, 6) is 0.815. The van der Waals surface area contributed by atoms with Gasteiger partial charge in [-0.1, -0.05) is 18.2 Å². The smallest absolute Gasteiger partial charge is 0.269 e. The Morgan fingerprint density at radius 2 is 1.53 bits per heavy atom. The van der Waals surface area contributed by atoms with Gasteiger partial charge in [-0.3, -0.25) is 10.1 Å². The third-order valence-corrected chi connectivity index (χ3v) is 6.61. The topological polar surface area (TPSA) is 57.3 Å². The number of non-ortho nitro benzene ring substituents is 1. The minimum absolute atomic E-state index is 0.0934. The van der Waals surface area contributed by atoms with Crippen molar-refractivity contribution < 1.29 is 9.66 Å². The van der Waals surface area contributed by atoms with Crippen molar-refractivity contribution >= 4 is 37.2 Å². The monoisotopic (exact) mass is 414 g/mol. The molecule has 0 saturated heterocycles. The average Bonchev–Trinajstić information content (AvgIpc) is 3.27. The van der Waals surface area contributed by atoms with E-state index < -0.39 is 0 Å². The summed E-state index contributed by atoms with van der Waals surface area (Å²) in [6, 6.07) is 23.3. The first-order valence-corrected chi connectivity index (χ1v) is 10.3. The third kappa shape index (κ3) is 2.76. The van der Waals surface area contributed by atoms with E-state index in [1.165, 1.54) is 20.2 Å². The number of methoxy groups -OCH3 is 1. The third-order valence-electron chi connectivity index (χ3n) is 5.43. The lowest BCUT2D eigenvalue weighted by Gasteiger charge is -2.10. The number of rotatable bonds is 4. The number of nitro groups is 1. The van der Waals surface area contributed by atoms with Gasteiger partial charge in [-0.25, -0.2) is 0 Å². The lowest BCUT2D eigenvalue weighted by Crippen LogP contribution is -1.96. The first-order valence-electron chi connectivity index (χ1n) is 9.47. The molecule has 0 aliphatic carbocycles. The molecule has 0 aliphatic rings. The molecule has 0 spiro atoms. The lowest BCUT2D eigenvalue weighted by atomic mass is 10.1. The summed E-state index contributed by atoms with van der Waals surface area (Å²) in [7, 11) is 3.71. The Morgan fingerprint density at radius 1 is 0.900 bits per heavy atom. The van der Waals surface area contributed by atoms with Crippen LogP contribution in [-0.2, 0) is 7.05 Å². The van der Waals surface area contributed by atoms with Crippen molar-refractivity contribution in [2.75, 3.05) is 7.11 Å². The van der Waals surface area contributed by atoms with Crippen LogP contribution in [0.4, 0.5) is 5.69 Å². The van der Waals surface area contributed by atoms with Crippen molar-refractivity contribution in [3.05, 3.63) is 82.9 Å². The van der Waals surface area contributed by atoms with Gasteiger partial charge in [-0.2, -0.15) is 0 Å². The molecule has 6 heteroatoms. The van der Waals surface area contributed by atoms with Crippen molar-refractivity contribution in [1.82, 2.24) is 4.57 Å². The highest BCUT2D eigenvalue weighted by atomic mass is 32.1. The van der Waals surface area contributed by atoms with Crippen LogP contribution in [0.1, 0.15) is 0 Å². The average molecular weight is 414 g/mol. The van der Waals surface area contributed by atoms with E-state index in [1.54, 1.807) is 30.6 Å². The van der Waals surface area contributed by atoms with E-state index in [1.807, 2.05) is 24.3 Å². The molecule has 5 aromatic rings. The second kappa shape index (κ2) is 7.00. The number of hydrogen-bond donors (Lipinski definition) is 0. The van der Waals surface area contributed by atoms with Gasteiger partial charge < -0.3 is 9.30 Å². The Labute approximate surface area is 176 Å². The highest BCUT2D eigenvalue weighted by Gasteiger charge is 2.22. The largest absolute Gasteiger partial charge is 0.497 e. The normalized spacial score (nSPS) is 11.3. The van der Waals surface area contributed by atoms with Crippen LogP contribution in [0.5, 0.6) is 5.75 Å². The molecule has 3 aromatic carbocycles. The van der Waals surface area contributed by atoms with Crippen LogP contribution in [0.3, 0.4) is 0 Å². The number of hydrogen-bond acceptors (Lipinski definition) is 4. The zero-order valence-electron chi connectivity index (χ0n) is 16.5. The van der Waals surface area contributed by atoms with E-state index in [2.05, 4.69) is 48.0 Å². The summed E-state index contributed by atoms with van der Waals surface area (Å²) in [6.45, 7) is 0. The molecule has 0 unspecified atom stereocenters. The van der Waals surface area contributed by atoms with Gasteiger partial charge in [0.2, 0.25) is 0 Å². The number of nitro benzene ring substituents is 1. The van der Waals surface area contributed by atoms with Crippen molar-refractivity contribution in [2.45, 2.75) is 0 Å². The summed E-state index contributed by atoms with van der Waals surface area (Å²) < 4.78 is 9.92. The standard InChI is InChI=1S/C24H18N2O3S/c1-25-22(15-9-13-18(29-2)14-10-15)21-19-5-3-4-6-20(19)30-24(21)23(25)16-7-11-17(12-8-16)26(27)28/h3-14H,1-2H3. The van der Waals surface area contributed by atoms with E-state index in [9.17, 15) is 10.1 Å². The fraction of sp³-hybridized carbons (Fsp3) is 0.0833. The molecular weight excluding hydrogens is 396 g/mol. The SMILES string of the molecule is COc1ccc(-c2c3c(sc4ccccc43)c(-c3ccc([N+](=O)[O-])cc3)n2C)cc1. The second-order valence-electron chi connectivity index (χ2n) is 7.09. The van der Waals surface area contributed by atoms with Crippen LogP contribution in [0.25, 0.3) is 42.7 Å². The summed E-state index contributed by atoms with van der Waals surface area (Å²) in [5, 5.41) is 13.5. The van der Waals surface area contributed by atoms with Gasteiger partial charge in [0, 0.05) is 40.2 Å². The maximum atomic E-state index is 11.1. The highest BCUT2D eigenvalue weighted by Crippen LogP contribution is 2.47. The van der Waals surface area contributed by atoms with Gasteiger partial charge in [-0.15, -0.1) is 11.3 Å². The molecule has 0 atom stereocenters. The molecule has 0 N–H and O–H groups in total. The minimum atomic E-state index is -0.368. The fourth-order valence-electron chi connectivity index (χ4n) is 4.03. The zero-order chi connectivity index (χ0) is 20.8. The number of fused-ring (bicyclic) bond motifs is 3. The lowest BCUT2D eigenvalue weighted by molar-refractivity contribution is -0.384. The first kappa shape index (κ1) is 18.4. The van der Waals surface area contributed by atoms with Crippen molar-refractivity contribution in [3.8, 4) is 28.3 Å². The number of ether oxygens (including phenoxy) is 1. The van der Waals surface area contributed by atoms with Crippen molar-refractivity contribution in [3.63, 3.8) is 0 Å². The molecule has 5 nitrogen and oxygen atoms in total. The first-order chi connectivity index (χ1) is 14.6. The maximum Gasteiger partial charge on any atom is 0.269 e. The summed E-state index contributed by atoms with van der Waals surface area (Å²) in [5.41, 5.74) is 4.33. The molecule has 0 aliphatic heterocycles. The van der Waals surface area contributed by atoms with Gasteiger partial charge in [0.05, 0.1) is 28.1 Å². The van der Waals surface area contributed by atoms with Crippen molar-refractivity contribution in [1.29, 1.82) is 0 Å². The van der Waals surface area contributed by atoms with Crippen LogP contribution in [0.15, 0.2) is 72.8 Å². The highest BCUT2D eigenvalue weighted by molar-refractivity contribution is 7.26. The molecule has 0 radical (unpaired) electrons. The Bertz CT molecular complexity index is 1400. The van der Waals surface area contributed by atoms with E-state index in [4.69, 9.17) is 4.74 Å². The summed E-state index contributed by atoms with van der Waals surface area (Å²) in [6.07, 6.45) is 0. The predicted molar refractivity (Wildman–Crippen MR) is 122 cm³/mol. The fourth-order valence-corrected chi connectivity index (χ4v) is 5.34. The van der Waals surface area contributed by atoms with Crippen LogP contribution < -0.4 is 4.74 Å². The quantitative estimate of drug-likeness (QED) is 0.244. The predicted octanol–water partition coefficient (Wildman–Crippen LogP) is 6.64. The Hall–Kier alpha value is -3.64. The summed E-state index contributed by atoms with van der Waals surface area (Å²) in [4.78, 5) is 10.7. The van der Waals surface area contributed by atoms with Gasteiger partial charge in [0.25, 0.3) is 5.69 Å². The van der Waals surface area contributed by atoms with Crippen molar-refractivity contribution in [2.24, 2.45) is 7.05 Å². The minimum Gasteiger partial charge on any atom is -0.497 e. The van der Waals surface area contributed by atoms with E-state index in [0.717, 1.165) is 28.3 Å². The second-order valence-corrected chi connectivity index (χ2v) is 8.14. The molecule has 2 heterocycles. The molecule has 5 rings (SSSR count). The zero-order valence-corrected chi connectivity index (χ0v) is 17.3. The van der Waals surface area contributed by atoms with Crippen LogP contribution in [0.2, 0.25) is 0 Å². The molecule has 0 amide bonds. The Morgan fingerprint density at radius 3 is 2.20 bits per heavy atom. The van der Waals surface area contributed by atoms with Crippen LogP contribution in [-0.4, -0.2) is 16.6 Å². The molecular formula is C24H18N2O3S. The van der Waals surface area contributed by atoms with E-state index in [0.29, 0.717) is 0 Å².